The van der Waals surface area contributed by atoms with Gasteiger partial charge >= 0.3 is 5.97 Å². The van der Waals surface area contributed by atoms with Gasteiger partial charge in [-0.2, -0.15) is 0 Å². The summed E-state index contributed by atoms with van der Waals surface area (Å²) in [5, 5.41) is 14.1. The molecule has 0 heterocycles. The molecule has 0 fully saturated rings. The zero-order chi connectivity index (χ0) is 23.8. The molecule has 170 valence electrons. The molecule has 1 atom stereocenters. The third-order valence-electron chi connectivity index (χ3n) is 4.62. The van der Waals surface area contributed by atoms with Crippen LogP contribution in [0.25, 0.3) is 0 Å². The molecule has 9 heteroatoms. The van der Waals surface area contributed by atoms with Crippen LogP contribution in [0.3, 0.4) is 0 Å². The monoisotopic (exact) mass is 466 g/mol. The van der Waals surface area contributed by atoms with Gasteiger partial charge in [0.1, 0.15) is 5.75 Å². The maximum atomic E-state index is 13.2. The number of carbonyl (C=O) groups is 2. The van der Waals surface area contributed by atoms with Crippen LogP contribution < -0.4 is 10.1 Å². The quantitative estimate of drug-likeness (QED) is 0.198. The summed E-state index contributed by atoms with van der Waals surface area (Å²) in [4.78, 5) is 37.2. The third-order valence-corrected chi connectivity index (χ3v) is 5.41. The van der Waals surface area contributed by atoms with Crippen LogP contribution >= 0.6 is 11.8 Å². The van der Waals surface area contributed by atoms with E-state index in [1.807, 2.05) is 6.92 Å². The van der Waals surface area contributed by atoms with Crippen LogP contribution in [0, 0.1) is 10.1 Å². The van der Waals surface area contributed by atoms with Crippen LogP contribution in [0.4, 0.5) is 11.4 Å². The first kappa shape index (κ1) is 23.8. The Balaban J connectivity index is 1.90. The fourth-order valence-electron chi connectivity index (χ4n) is 3.09. The summed E-state index contributed by atoms with van der Waals surface area (Å²) in [5.41, 5.74) is 0.653. The van der Waals surface area contributed by atoms with Crippen LogP contribution in [0.5, 0.6) is 5.75 Å². The third kappa shape index (κ3) is 5.89. The molecule has 0 spiro atoms. The van der Waals surface area contributed by atoms with E-state index in [4.69, 9.17) is 9.47 Å². The molecule has 0 bridgehead atoms. The minimum absolute atomic E-state index is 0.0250. The lowest BCUT2D eigenvalue weighted by Crippen LogP contribution is -2.26. The molecule has 8 nitrogen and oxygen atoms in total. The van der Waals surface area contributed by atoms with Crippen molar-refractivity contribution in [2.75, 3.05) is 18.2 Å². The summed E-state index contributed by atoms with van der Waals surface area (Å²) in [6.07, 6.45) is 0.420. The van der Waals surface area contributed by atoms with Gasteiger partial charge in [-0.15, -0.1) is 11.8 Å². The average molecular weight is 467 g/mol. The summed E-state index contributed by atoms with van der Waals surface area (Å²) < 4.78 is 11.1. The number of thioether (sulfide) groups is 1. The first-order valence-corrected chi connectivity index (χ1v) is 11.3. The molecule has 0 saturated carbocycles. The van der Waals surface area contributed by atoms with Crippen molar-refractivity contribution < 1.29 is 24.0 Å². The lowest BCUT2D eigenvalue weighted by molar-refractivity contribution is -0.387. The van der Waals surface area contributed by atoms with Gasteiger partial charge in [-0.05, 0) is 37.4 Å². The molecule has 3 aromatic carbocycles. The predicted octanol–water partition coefficient (Wildman–Crippen LogP) is 5.25. The van der Waals surface area contributed by atoms with Gasteiger partial charge in [-0.1, -0.05) is 42.5 Å². The maximum absolute atomic E-state index is 13.2. The number of hydrogen-bond acceptors (Lipinski definition) is 7. The molecule has 0 aliphatic heterocycles. The Labute approximate surface area is 195 Å². The Hall–Kier alpha value is -3.85. The van der Waals surface area contributed by atoms with Crippen LogP contribution in [-0.2, 0) is 9.53 Å². The molecule has 33 heavy (non-hydrogen) atoms. The van der Waals surface area contributed by atoms with E-state index in [-0.39, 0.29) is 11.3 Å². The van der Waals surface area contributed by atoms with E-state index in [1.54, 1.807) is 60.9 Å². The molecule has 0 radical (unpaired) electrons. The smallest absolute Gasteiger partial charge is 0.339 e. The number of anilines is 1. The number of carbonyl (C=O) groups excluding carboxylic acids is 2. The normalized spacial score (nSPS) is 11.3. The van der Waals surface area contributed by atoms with Crippen molar-refractivity contribution in [3.05, 3.63) is 94.0 Å². The summed E-state index contributed by atoms with van der Waals surface area (Å²) in [6, 6.07) is 19.5. The van der Waals surface area contributed by atoms with Crippen molar-refractivity contribution in [3.8, 4) is 5.75 Å². The second kappa shape index (κ2) is 11.1. The van der Waals surface area contributed by atoms with Gasteiger partial charge in [-0.3, -0.25) is 14.9 Å². The molecular weight excluding hydrogens is 444 g/mol. The van der Waals surface area contributed by atoms with E-state index >= 15 is 0 Å². The van der Waals surface area contributed by atoms with Crippen molar-refractivity contribution in [1.29, 1.82) is 0 Å². The second-order valence-electron chi connectivity index (χ2n) is 6.76. The van der Waals surface area contributed by atoms with E-state index in [9.17, 15) is 19.7 Å². The van der Waals surface area contributed by atoms with Crippen molar-refractivity contribution in [3.63, 3.8) is 0 Å². The molecule has 3 rings (SSSR count). The Kier molecular flexibility index (Phi) is 8.04. The first-order valence-electron chi connectivity index (χ1n) is 10.1. The first-order chi connectivity index (χ1) is 15.9. The Morgan fingerprint density at radius 3 is 2.42 bits per heavy atom. The fourth-order valence-corrected chi connectivity index (χ4v) is 3.63. The van der Waals surface area contributed by atoms with E-state index in [1.165, 1.54) is 23.9 Å². The zero-order valence-corrected chi connectivity index (χ0v) is 18.8. The second-order valence-corrected chi connectivity index (χ2v) is 7.61. The summed E-state index contributed by atoms with van der Waals surface area (Å²) in [5.74, 6) is -0.959. The molecular formula is C24H22N2O6S. The van der Waals surface area contributed by atoms with Crippen LogP contribution in [0.15, 0.2) is 77.7 Å². The largest absolute Gasteiger partial charge is 0.492 e. The van der Waals surface area contributed by atoms with Crippen LogP contribution in [-0.4, -0.2) is 29.7 Å². The lowest BCUT2D eigenvalue weighted by atomic mass is 10.1. The van der Waals surface area contributed by atoms with Crippen LogP contribution in [0.2, 0.25) is 0 Å². The summed E-state index contributed by atoms with van der Waals surface area (Å²) in [7, 11) is 0. The van der Waals surface area contributed by atoms with Crippen molar-refractivity contribution in [1.82, 2.24) is 0 Å². The number of rotatable bonds is 9. The SMILES string of the molecule is CCOc1ccccc1NC(=O)C(OC(=O)c1ccc(SC)c([N+](=O)[O-])c1)c1ccccc1. The number of amides is 1. The standard InChI is InChI=1S/C24H22N2O6S/c1-3-31-20-12-8-7-11-18(20)25-23(27)22(16-9-5-4-6-10-16)32-24(28)17-13-14-21(33-2)19(15-17)26(29)30/h4-15,22H,3H2,1-2H3,(H,25,27). The van der Waals surface area contributed by atoms with Gasteiger partial charge in [0.2, 0.25) is 6.10 Å². The van der Waals surface area contributed by atoms with E-state index in [2.05, 4.69) is 5.32 Å². The number of nitro groups is 1. The van der Waals surface area contributed by atoms with Crippen molar-refractivity contribution >= 4 is 35.0 Å². The molecule has 3 aromatic rings. The minimum Gasteiger partial charge on any atom is -0.492 e. The Bertz CT molecular complexity index is 1150. The predicted molar refractivity (Wildman–Crippen MR) is 126 cm³/mol. The van der Waals surface area contributed by atoms with Crippen molar-refractivity contribution in [2.24, 2.45) is 0 Å². The molecule has 0 aromatic heterocycles. The molecule has 1 amide bonds. The number of hydrogen-bond donors (Lipinski definition) is 1. The minimum atomic E-state index is -1.28. The van der Waals surface area contributed by atoms with Gasteiger partial charge in [0.25, 0.3) is 11.6 Å². The highest BCUT2D eigenvalue weighted by atomic mass is 32.2. The fraction of sp³-hybridized carbons (Fsp3) is 0.167. The highest BCUT2D eigenvalue weighted by Crippen LogP contribution is 2.30. The summed E-state index contributed by atoms with van der Waals surface area (Å²) >= 11 is 1.20. The average Bonchev–Trinajstić information content (AvgIpc) is 2.83. The van der Waals surface area contributed by atoms with E-state index in [0.717, 1.165) is 6.07 Å². The molecule has 0 aliphatic rings. The zero-order valence-electron chi connectivity index (χ0n) is 18.0. The molecule has 1 unspecified atom stereocenters. The number of para-hydroxylation sites is 2. The number of nitrogens with zero attached hydrogens (tertiary/aromatic N) is 1. The van der Waals surface area contributed by atoms with Gasteiger partial charge in [0, 0.05) is 11.6 Å². The lowest BCUT2D eigenvalue weighted by Gasteiger charge is -2.19. The van der Waals surface area contributed by atoms with Crippen LogP contribution in [0.1, 0.15) is 28.9 Å². The van der Waals surface area contributed by atoms with Gasteiger partial charge in [0.15, 0.2) is 0 Å². The number of benzene rings is 3. The molecule has 0 aliphatic carbocycles. The maximum Gasteiger partial charge on any atom is 0.339 e. The number of nitro benzene ring substituents is 1. The number of esters is 1. The molecule has 1 N–H and O–H groups in total. The van der Waals surface area contributed by atoms with Gasteiger partial charge in [-0.25, -0.2) is 4.79 Å². The van der Waals surface area contributed by atoms with E-state index in [0.29, 0.717) is 28.5 Å². The number of ether oxygens (including phenoxy) is 2. The van der Waals surface area contributed by atoms with Gasteiger partial charge in [0.05, 0.1) is 27.7 Å². The Morgan fingerprint density at radius 1 is 1.06 bits per heavy atom. The van der Waals surface area contributed by atoms with Crippen molar-refractivity contribution in [2.45, 2.75) is 17.9 Å². The topological polar surface area (TPSA) is 108 Å². The number of nitrogens with one attached hydrogen (secondary N) is 1. The molecule has 0 saturated heterocycles. The summed E-state index contributed by atoms with van der Waals surface area (Å²) in [6.45, 7) is 2.24. The van der Waals surface area contributed by atoms with Gasteiger partial charge < -0.3 is 14.8 Å². The highest BCUT2D eigenvalue weighted by Gasteiger charge is 2.27. The Morgan fingerprint density at radius 2 is 1.76 bits per heavy atom. The van der Waals surface area contributed by atoms with E-state index < -0.39 is 22.9 Å². The highest BCUT2D eigenvalue weighted by molar-refractivity contribution is 7.98.